The molecule has 0 unspecified atom stereocenters. The molecule has 31 heavy (non-hydrogen) atoms. The highest BCUT2D eigenvalue weighted by Gasteiger charge is 2.25. The van der Waals surface area contributed by atoms with Crippen LogP contribution in [0.1, 0.15) is 22.8 Å². The van der Waals surface area contributed by atoms with Gasteiger partial charge in [0.25, 0.3) is 5.91 Å². The minimum Gasteiger partial charge on any atom is -0.336 e. The monoisotopic (exact) mass is 484 g/mol. The van der Waals surface area contributed by atoms with E-state index in [2.05, 4.69) is 11.8 Å². The molecule has 0 aromatic heterocycles. The first-order chi connectivity index (χ1) is 14.5. The van der Waals surface area contributed by atoms with Gasteiger partial charge in [-0.1, -0.05) is 30.7 Å². The van der Waals surface area contributed by atoms with Crippen molar-refractivity contribution < 1.29 is 21.6 Å². The molecular weight excluding hydrogens is 460 g/mol. The first-order valence-corrected chi connectivity index (χ1v) is 13.8. The molecule has 1 saturated heterocycles. The number of carbonyl (C=O) groups excluding carboxylic acids is 1. The topological polar surface area (TPSA) is 91.8 Å². The second-order valence-corrected chi connectivity index (χ2v) is 12.0. The molecule has 3 rings (SSSR count). The lowest BCUT2D eigenvalue weighted by Crippen LogP contribution is -2.48. The molecule has 0 bridgehead atoms. The van der Waals surface area contributed by atoms with E-state index in [1.807, 2.05) is 0 Å². The predicted molar refractivity (Wildman–Crippen MR) is 120 cm³/mol. The summed E-state index contributed by atoms with van der Waals surface area (Å²) in [5.41, 5.74) is 0.617. The quantitative estimate of drug-likeness (QED) is 0.625. The van der Waals surface area contributed by atoms with E-state index in [0.717, 1.165) is 25.9 Å². The third kappa shape index (κ3) is 5.65. The fourth-order valence-corrected chi connectivity index (χ4v) is 5.63. The van der Waals surface area contributed by atoms with Gasteiger partial charge in [0.2, 0.25) is 0 Å². The zero-order valence-corrected chi connectivity index (χ0v) is 19.8. The van der Waals surface area contributed by atoms with Crippen LogP contribution in [-0.4, -0.2) is 71.5 Å². The minimum atomic E-state index is -3.76. The first kappa shape index (κ1) is 23.7. The van der Waals surface area contributed by atoms with Crippen LogP contribution in [0.2, 0.25) is 5.02 Å². The number of hydrogen-bond acceptors (Lipinski definition) is 6. The Kier molecular flexibility index (Phi) is 7.10. The van der Waals surface area contributed by atoms with E-state index >= 15 is 0 Å². The molecule has 7 nitrogen and oxygen atoms in total. The van der Waals surface area contributed by atoms with E-state index in [1.165, 1.54) is 42.5 Å². The van der Waals surface area contributed by atoms with Crippen LogP contribution in [0.5, 0.6) is 0 Å². The summed E-state index contributed by atoms with van der Waals surface area (Å²) in [4.78, 5) is 17.0. The molecule has 1 heterocycles. The highest BCUT2D eigenvalue weighted by Crippen LogP contribution is 2.25. The lowest BCUT2D eigenvalue weighted by atomic mass is 10.2. The molecule has 0 saturated carbocycles. The molecule has 2 aromatic rings. The summed E-state index contributed by atoms with van der Waals surface area (Å²) < 4.78 is 49.0. The Balaban J connectivity index is 1.82. The van der Waals surface area contributed by atoms with Gasteiger partial charge >= 0.3 is 0 Å². The van der Waals surface area contributed by atoms with Gasteiger partial charge < -0.3 is 9.80 Å². The second kappa shape index (κ2) is 9.28. The van der Waals surface area contributed by atoms with E-state index < -0.39 is 19.7 Å². The third-order valence-electron chi connectivity index (χ3n) is 5.34. The van der Waals surface area contributed by atoms with Crippen molar-refractivity contribution in [1.29, 1.82) is 0 Å². The standard InChI is InChI=1S/C21H25ClN2O5S2/c1-3-23-10-12-24(13-11-23)21(25)19-14-18(8-9-20(19)22)31(28,29)15-16-4-6-17(7-5-16)30(2,26)27/h4-9,14H,3,10-13,15H2,1-2H3. The molecular formula is C21H25ClN2O5S2. The van der Waals surface area contributed by atoms with Crippen LogP contribution >= 0.6 is 11.6 Å². The molecule has 10 heteroatoms. The Morgan fingerprint density at radius 3 is 2.06 bits per heavy atom. The second-order valence-electron chi connectivity index (χ2n) is 7.54. The molecule has 0 atom stereocenters. The number of nitrogens with zero attached hydrogens (tertiary/aromatic N) is 2. The number of benzene rings is 2. The van der Waals surface area contributed by atoms with Crippen molar-refractivity contribution in [3.8, 4) is 0 Å². The highest BCUT2D eigenvalue weighted by atomic mass is 35.5. The van der Waals surface area contributed by atoms with Crippen molar-refractivity contribution >= 4 is 37.2 Å². The highest BCUT2D eigenvalue weighted by molar-refractivity contribution is 7.91. The van der Waals surface area contributed by atoms with Crippen molar-refractivity contribution in [2.75, 3.05) is 39.0 Å². The lowest BCUT2D eigenvalue weighted by Gasteiger charge is -2.34. The summed E-state index contributed by atoms with van der Waals surface area (Å²) in [6, 6.07) is 9.86. The molecule has 1 amide bonds. The van der Waals surface area contributed by atoms with E-state index in [1.54, 1.807) is 4.90 Å². The molecule has 0 aliphatic carbocycles. The number of amides is 1. The Morgan fingerprint density at radius 2 is 1.52 bits per heavy atom. The van der Waals surface area contributed by atoms with Gasteiger partial charge in [-0.15, -0.1) is 0 Å². The van der Waals surface area contributed by atoms with Gasteiger partial charge in [-0.25, -0.2) is 16.8 Å². The van der Waals surface area contributed by atoms with Gasteiger partial charge in [0.15, 0.2) is 19.7 Å². The predicted octanol–water partition coefficient (Wildman–Crippen LogP) is 2.50. The fourth-order valence-electron chi connectivity index (χ4n) is 3.43. The van der Waals surface area contributed by atoms with E-state index in [9.17, 15) is 21.6 Å². The Bertz CT molecular complexity index is 1170. The van der Waals surface area contributed by atoms with Gasteiger partial charge in [0, 0.05) is 32.4 Å². The molecule has 1 aliphatic heterocycles. The van der Waals surface area contributed by atoms with Crippen LogP contribution in [0.3, 0.4) is 0 Å². The zero-order valence-electron chi connectivity index (χ0n) is 17.4. The van der Waals surface area contributed by atoms with Crippen molar-refractivity contribution in [3.05, 3.63) is 58.6 Å². The molecule has 168 valence electrons. The van der Waals surface area contributed by atoms with Crippen LogP contribution in [0, 0.1) is 0 Å². The Hall–Kier alpha value is -1.94. The molecule has 1 aliphatic rings. The zero-order chi connectivity index (χ0) is 22.8. The first-order valence-electron chi connectivity index (χ1n) is 9.84. The maximum Gasteiger partial charge on any atom is 0.255 e. The van der Waals surface area contributed by atoms with Crippen LogP contribution in [0.15, 0.2) is 52.3 Å². The van der Waals surface area contributed by atoms with Gasteiger partial charge in [0.05, 0.1) is 26.1 Å². The Labute approximate surface area is 188 Å². The van der Waals surface area contributed by atoms with E-state index in [0.29, 0.717) is 18.7 Å². The van der Waals surface area contributed by atoms with Gasteiger partial charge in [0.1, 0.15) is 0 Å². The molecule has 0 spiro atoms. The molecule has 0 radical (unpaired) electrons. The van der Waals surface area contributed by atoms with Crippen LogP contribution in [0.4, 0.5) is 0 Å². The number of rotatable bonds is 6. The normalized spacial score (nSPS) is 15.8. The third-order valence-corrected chi connectivity index (χ3v) is 8.49. The Morgan fingerprint density at radius 1 is 0.935 bits per heavy atom. The maximum atomic E-state index is 13.0. The smallest absolute Gasteiger partial charge is 0.255 e. The number of hydrogen-bond donors (Lipinski definition) is 0. The van der Waals surface area contributed by atoms with E-state index in [-0.39, 0.29) is 32.0 Å². The van der Waals surface area contributed by atoms with Crippen LogP contribution in [-0.2, 0) is 25.4 Å². The minimum absolute atomic E-state index is 0.000339. The van der Waals surface area contributed by atoms with Gasteiger partial charge in [-0.2, -0.15) is 0 Å². The summed E-state index contributed by atoms with van der Waals surface area (Å²) in [7, 11) is -7.13. The summed E-state index contributed by atoms with van der Waals surface area (Å²) in [6.07, 6.45) is 1.09. The van der Waals surface area contributed by atoms with Crippen molar-refractivity contribution in [1.82, 2.24) is 9.80 Å². The van der Waals surface area contributed by atoms with Crippen LogP contribution in [0.25, 0.3) is 0 Å². The van der Waals surface area contributed by atoms with Crippen LogP contribution < -0.4 is 0 Å². The maximum absolute atomic E-state index is 13.0. The largest absolute Gasteiger partial charge is 0.336 e. The van der Waals surface area contributed by atoms with Gasteiger partial charge in [-0.05, 0) is 42.4 Å². The SMILES string of the molecule is CCN1CCN(C(=O)c2cc(S(=O)(=O)Cc3ccc(S(C)(=O)=O)cc3)ccc2Cl)CC1. The summed E-state index contributed by atoms with van der Waals surface area (Å²) in [6.45, 7) is 5.64. The summed E-state index contributed by atoms with van der Waals surface area (Å²) in [5, 5.41) is 0.208. The summed E-state index contributed by atoms with van der Waals surface area (Å²) in [5.74, 6) is -0.600. The average Bonchev–Trinajstić information content (AvgIpc) is 2.73. The molecule has 1 fully saturated rings. The lowest BCUT2D eigenvalue weighted by molar-refractivity contribution is 0.0643. The molecule has 2 aromatic carbocycles. The number of halogens is 1. The van der Waals surface area contributed by atoms with E-state index in [4.69, 9.17) is 11.6 Å². The van der Waals surface area contributed by atoms with Gasteiger partial charge in [-0.3, -0.25) is 4.79 Å². The molecule has 0 N–H and O–H groups in total. The van der Waals surface area contributed by atoms with Crippen molar-refractivity contribution in [3.63, 3.8) is 0 Å². The number of likely N-dealkylation sites (N-methyl/N-ethyl adjacent to an activating group) is 1. The summed E-state index contributed by atoms with van der Waals surface area (Å²) >= 11 is 6.23. The number of piperazine rings is 1. The van der Waals surface area contributed by atoms with Crippen molar-refractivity contribution in [2.45, 2.75) is 22.5 Å². The average molecular weight is 485 g/mol. The fraction of sp³-hybridized carbons (Fsp3) is 0.381. The van der Waals surface area contributed by atoms with Crippen molar-refractivity contribution in [2.24, 2.45) is 0 Å². The number of carbonyl (C=O) groups is 1. The number of sulfone groups is 2.